The second kappa shape index (κ2) is 9.15. The van der Waals surface area contributed by atoms with Crippen molar-refractivity contribution in [2.75, 3.05) is 0 Å². The minimum absolute atomic E-state index is 0.109. The second-order valence-corrected chi connectivity index (χ2v) is 13.9. The first kappa shape index (κ1) is 25.7. The smallest absolute Gasteiger partial charge is 0.229 e. The van der Waals surface area contributed by atoms with Crippen molar-refractivity contribution >= 4 is 42.8 Å². The SMILES string of the molecule is CC(C)(C)c1cc(Oc2cc(-c3ccccc3)ccc2C(C)(C)C)nc(-c2cc3sc4cccc5oc(n2)c3c54)c1. The molecule has 0 saturated carbocycles. The number of pyridine rings is 2. The average molecular weight is 557 g/mol. The summed E-state index contributed by atoms with van der Waals surface area (Å²) in [7, 11) is 0. The van der Waals surface area contributed by atoms with Crippen molar-refractivity contribution in [1.82, 2.24) is 9.97 Å². The fraction of sp³-hybridized carbons (Fsp3) is 0.222. The highest BCUT2D eigenvalue weighted by molar-refractivity contribution is 7.26. The van der Waals surface area contributed by atoms with E-state index in [-0.39, 0.29) is 10.8 Å². The van der Waals surface area contributed by atoms with Crippen LogP contribution < -0.4 is 4.74 Å². The summed E-state index contributed by atoms with van der Waals surface area (Å²) in [6, 6.07) is 29.4. The predicted octanol–water partition coefficient (Wildman–Crippen LogP) is 10.7. The lowest BCUT2D eigenvalue weighted by Gasteiger charge is -2.24. The lowest BCUT2D eigenvalue weighted by molar-refractivity contribution is 0.438. The van der Waals surface area contributed by atoms with Gasteiger partial charge in [-0.2, -0.15) is 0 Å². The van der Waals surface area contributed by atoms with Gasteiger partial charge in [-0.25, -0.2) is 9.97 Å². The summed E-state index contributed by atoms with van der Waals surface area (Å²) in [6.07, 6.45) is 0. The summed E-state index contributed by atoms with van der Waals surface area (Å²) in [5, 5.41) is 2.26. The molecule has 0 N–H and O–H groups in total. The third-order valence-electron chi connectivity index (χ3n) is 7.66. The van der Waals surface area contributed by atoms with Gasteiger partial charge in [0.25, 0.3) is 0 Å². The largest absolute Gasteiger partial charge is 0.439 e. The van der Waals surface area contributed by atoms with E-state index in [2.05, 4.69) is 108 Å². The number of nitrogens with zero attached hydrogens (tertiary/aromatic N) is 2. The molecule has 4 aromatic heterocycles. The van der Waals surface area contributed by atoms with Gasteiger partial charge in [-0.1, -0.05) is 90.1 Å². The van der Waals surface area contributed by atoms with Crippen molar-refractivity contribution in [3.8, 4) is 34.1 Å². The normalized spacial score (nSPS) is 12.6. The van der Waals surface area contributed by atoms with Crippen molar-refractivity contribution in [2.24, 2.45) is 0 Å². The first-order valence-corrected chi connectivity index (χ1v) is 14.8. The summed E-state index contributed by atoms with van der Waals surface area (Å²) in [5.74, 6) is 1.37. The van der Waals surface area contributed by atoms with Crippen molar-refractivity contribution in [1.29, 1.82) is 0 Å². The number of benzene rings is 3. The Hall–Kier alpha value is -4.22. The maximum absolute atomic E-state index is 6.71. The quantitative estimate of drug-likeness (QED) is 0.216. The predicted molar refractivity (Wildman–Crippen MR) is 171 cm³/mol. The van der Waals surface area contributed by atoms with Gasteiger partial charge in [0.15, 0.2) is 0 Å². The number of hydrogen-bond acceptors (Lipinski definition) is 5. The molecule has 0 spiro atoms. The van der Waals surface area contributed by atoms with Crippen LogP contribution in [0.3, 0.4) is 0 Å². The molecule has 0 fully saturated rings. The molecule has 4 nitrogen and oxygen atoms in total. The number of furan rings is 1. The zero-order chi connectivity index (χ0) is 28.5. The maximum atomic E-state index is 6.71. The lowest BCUT2D eigenvalue weighted by Crippen LogP contribution is -2.14. The van der Waals surface area contributed by atoms with Crippen LogP contribution in [0.25, 0.3) is 54.0 Å². The highest BCUT2D eigenvalue weighted by atomic mass is 32.1. The summed E-state index contributed by atoms with van der Waals surface area (Å²) < 4.78 is 15.3. The fourth-order valence-electron chi connectivity index (χ4n) is 5.44. The Kier molecular flexibility index (Phi) is 5.74. The Balaban J connectivity index is 1.38. The van der Waals surface area contributed by atoms with E-state index in [0.717, 1.165) is 60.4 Å². The van der Waals surface area contributed by atoms with Crippen LogP contribution in [0.4, 0.5) is 0 Å². The molecule has 7 aromatic rings. The molecule has 0 atom stereocenters. The van der Waals surface area contributed by atoms with Crippen molar-refractivity contribution in [2.45, 2.75) is 52.4 Å². The number of hydrogen-bond donors (Lipinski definition) is 0. The van der Waals surface area contributed by atoms with E-state index in [1.54, 1.807) is 11.3 Å². The zero-order valence-corrected chi connectivity index (χ0v) is 25.0. The molecule has 0 bridgehead atoms. The Morgan fingerprint density at radius 2 is 1.44 bits per heavy atom. The monoisotopic (exact) mass is 556 g/mol. The summed E-state index contributed by atoms with van der Waals surface area (Å²) >= 11 is 1.77. The molecule has 5 heteroatoms. The van der Waals surface area contributed by atoms with Gasteiger partial charge in [-0.3, -0.25) is 0 Å². The minimum Gasteiger partial charge on any atom is -0.439 e. The molecule has 4 heterocycles. The van der Waals surface area contributed by atoms with Crippen LogP contribution in [0.1, 0.15) is 52.7 Å². The molecular formula is C36H32N2O2S. The van der Waals surface area contributed by atoms with Crippen molar-refractivity contribution in [3.63, 3.8) is 0 Å². The minimum atomic E-state index is -0.114. The van der Waals surface area contributed by atoms with Gasteiger partial charge in [0.2, 0.25) is 11.6 Å². The van der Waals surface area contributed by atoms with Crippen molar-refractivity contribution < 1.29 is 9.15 Å². The first-order chi connectivity index (χ1) is 19.5. The van der Waals surface area contributed by atoms with Crippen LogP contribution >= 0.6 is 11.3 Å². The van der Waals surface area contributed by atoms with Gasteiger partial charge in [0.05, 0.1) is 16.8 Å². The number of thiophene rings is 1. The van der Waals surface area contributed by atoms with E-state index in [9.17, 15) is 0 Å². The van der Waals surface area contributed by atoms with Gasteiger partial charge in [0, 0.05) is 26.4 Å². The van der Waals surface area contributed by atoms with E-state index >= 15 is 0 Å². The molecule has 41 heavy (non-hydrogen) atoms. The fourth-order valence-corrected chi connectivity index (χ4v) is 6.59. The Bertz CT molecular complexity index is 1980. The summed E-state index contributed by atoms with van der Waals surface area (Å²) in [4.78, 5) is 9.99. The molecule has 204 valence electrons. The van der Waals surface area contributed by atoms with Gasteiger partial charge < -0.3 is 9.15 Å². The Morgan fingerprint density at radius 1 is 0.659 bits per heavy atom. The maximum Gasteiger partial charge on any atom is 0.229 e. The van der Waals surface area contributed by atoms with Gasteiger partial charge >= 0.3 is 0 Å². The van der Waals surface area contributed by atoms with Crippen LogP contribution in [0.5, 0.6) is 11.6 Å². The van der Waals surface area contributed by atoms with E-state index in [1.165, 1.54) is 4.70 Å². The molecule has 0 aliphatic heterocycles. The van der Waals surface area contributed by atoms with E-state index < -0.39 is 0 Å². The summed E-state index contributed by atoms with van der Waals surface area (Å²) in [6.45, 7) is 13.2. The standard InChI is InChI=1S/C36H32N2O2S/c1-35(2,3)23-18-25(26-20-30-33-32-27(40-34(33)38-26)13-10-14-29(32)41-30)37-31(19-23)39-28-17-22(21-11-8-7-9-12-21)15-16-24(28)36(4,5)6/h7-20H,1-6H3. The van der Waals surface area contributed by atoms with Gasteiger partial charge in [0.1, 0.15) is 11.3 Å². The number of rotatable bonds is 4. The second-order valence-electron chi connectivity index (χ2n) is 12.8. The molecule has 0 saturated heterocycles. The average Bonchev–Trinajstić information content (AvgIpc) is 3.51. The summed E-state index contributed by atoms with van der Waals surface area (Å²) in [5.41, 5.74) is 7.37. The van der Waals surface area contributed by atoms with Gasteiger partial charge in [-0.05, 0) is 57.9 Å². The zero-order valence-electron chi connectivity index (χ0n) is 24.2. The lowest BCUT2D eigenvalue weighted by atomic mass is 9.85. The Labute approximate surface area is 244 Å². The third-order valence-corrected chi connectivity index (χ3v) is 8.76. The van der Waals surface area contributed by atoms with Crippen LogP contribution in [-0.2, 0) is 10.8 Å². The molecule has 0 radical (unpaired) electrons. The van der Waals surface area contributed by atoms with Crippen LogP contribution in [0.2, 0.25) is 0 Å². The van der Waals surface area contributed by atoms with E-state index in [1.807, 2.05) is 18.2 Å². The van der Waals surface area contributed by atoms with Crippen LogP contribution in [-0.4, -0.2) is 9.97 Å². The molecule has 0 aliphatic rings. The van der Waals surface area contributed by atoms with Crippen LogP contribution in [0.15, 0.2) is 89.3 Å². The highest BCUT2D eigenvalue weighted by Crippen LogP contribution is 2.44. The molecule has 3 aromatic carbocycles. The third kappa shape index (κ3) is 4.54. The molecule has 0 unspecified atom stereocenters. The first-order valence-electron chi connectivity index (χ1n) is 14.0. The number of aromatic nitrogens is 2. The van der Waals surface area contributed by atoms with Crippen molar-refractivity contribution in [3.05, 3.63) is 96.1 Å². The topological polar surface area (TPSA) is 48.2 Å². The molecule has 0 aliphatic carbocycles. The highest BCUT2D eigenvalue weighted by Gasteiger charge is 2.24. The van der Waals surface area contributed by atoms with Crippen LogP contribution in [0, 0.1) is 0 Å². The van der Waals surface area contributed by atoms with Gasteiger partial charge in [-0.15, -0.1) is 11.3 Å². The Morgan fingerprint density at radius 3 is 2.20 bits per heavy atom. The van der Waals surface area contributed by atoms with E-state index in [0.29, 0.717) is 11.6 Å². The van der Waals surface area contributed by atoms with E-state index in [4.69, 9.17) is 19.1 Å². The molecule has 7 rings (SSSR count). The molecule has 0 amide bonds. The number of ether oxygens (including phenoxy) is 1. The molecular weight excluding hydrogens is 524 g/mol.